The minimum Gasteiger partial charge on any atom is -0.448 e. The molecule has 18 heavy (non-hydrogen) atoms. The third-order valence-corrected chi connectivity index (χ3v) is 3.56. The van der Waals surface area contributed by atoms with Gasteiger partial charge in [-0.25, -0.2) is 0 Å². The van der Waals surface area contributed by atoms with Crippen molar-refractivity contribution >= 4 is 34.8 Å². The first kappa shape index (κ1) is 11.6. The molecule has 0 spiro atoms. The van der Waals surface area contributed by atoms with Crippen LogP contribution in [0.15, 0.2) is 34.7 Å². The summed E-state index contributed by atoms with van der Waals surface area (Å²) in [5.74, 6) is 0.605. The highest BCUT2D eigenvalue weighted by Crippen LogP contribution is 2.34. The van der Waals surface area contributed by atoms with E-state index in [4.69, 9.17) is 27.6 Å². The summed E-state index contributed by atoms with van der Waals surface area (Å²) in [6.07, 6.45) is 0.395. The molecular formula is C13H9Cl2NO2. The Labute approximate surface area is 114 Å². The highest BCUT2D eigenvalue weighted by molar-refractivity contribution is 6.29. The van der Waals surface area contributed by atoms with Gasteiger partial charge in [0, 0.05) is 5.69 Å². The van der Waals surface area contributed by atoms with Crippen LogP contribution in [0.1, 0.15) is 22.3 Å². The fourth-order valence-corrected chi connectivity index (χ4v) is 2.44. The molecule has 2 heterocycles. The maximum absolute atomic E-state index is 11.3. The molecule has 1 N–H and O–H groups in total. The van der Waals surface area contributed by atoms with Crippen LogP contribution in [0.3, 0.4) is 0 Å². The van der Waals surface area contributed by atoms with E-state index in [1.165, 1.54) is 0 Å². The molecule has 0 fully saturated rings. The third kappa shape index (κ3) is 2.00. The van der Waals surface area contributed by atoms with E-state index in [1.807, 2.05) is 18.2 Å². The summed E-state index contributed by atoms with van der Waals surface area (Å²) < 4.78 is 5.29. The molecule has 1 amide bonds. The zero-order chi connectivity index (χ0) is 12.7. The lowest BCUT2D eigenvalue weighted by atomic mass is 10.0. The standard InChI is InChI=1S/C13H9Cl2NO2/c14-11-4-3-10(18-11)13(15)7-1-2-9-8(5-7)6-12(17)16-9/h1-5,13H,6H2,(H,16,17). The Bertz CT molecular complexity index is 621. The molecule has 0 saturated heterocycles. The Hall–Kier alpha value is -1.45. The van der Waals surface area contributed by atoms with Gasteiger partial charge in [0.1, 0.15) is 11.1 Å². The third-order valence-electron chi connectivity index (χ3n) is 2.89. The number of amides is 1. The van der Waals surface area contributed by atoms with E-state index in [9.17, 15) is 4.79 Å². The van der Waals surface area contributed by atoms with Gasteiger partial charge < -0.3 is 9.73 Å². The van der Waals surface area contributed by atoms with Gasteiger partial charge in [-0.2, -0.15) is 0 Å². The zero-order valence-electron chi connectivity index (χ0n) is 9.24. The second-order valence-electron chi connectivity index (χ2n) is 4.15. The van der Waals surface area contributed by atoms with Gasteiger partial charge >= 0.3 is 0 Å². The van der Waals surface area contributed by atoms with Crippen LogP contribution < -0.4 is 5.32 Å². The Morgan fingerprint density at radius 1 is 1.28 bits per heavy atom. The quantitative estimate of drug-likeness (QED) is 0.852. The molecule has 1 unspecified atom stereocenters. The molecule has 5 heteroatoms. The van der Waals surface area contributed by atoms with Crippen molar-refractivity contribution in [3.05, 3.63) is 52.4 Å². The normalized spacial score (nSPS) is 15.3. The Kier molecular flexibility index (Phi) is 2.80. The number of benzene rings is 1. The molecule has 0 radical (unpaired) electrons. The molecule has 3 nitrogen and oxygen atoms in total. The first-order valence-corrected chi connectivity index (χ1v) is 6.27. The van der Waals surface area contributed by atoms with Crippen LogP contribution in [0.5, 0.6) is 0 Å². The molecule has 92 valence electrons. The lowest BCUT2D eigenvalue weighted by Crippen LogP contribution is -2.03. The number of hydrogen-bond acceptors (Lipinski definition) is 2. The van der Waals surface area contributed by atoms with Gasteiger partial charge in [0.25, 0.3) is 0 Å². The molecule has 2 aromatic rings. The number of rotatable bonds is 2. The van der Waals surface area contributed by atoms with E-state index in [2.05, 4.69) is 5.32 Å². The van der Waals surface area contributed by atoms with Gasteiger partial charge in [-0.05, 0) is 40.9 Å². The number of carbonyl (C=O) groups is 1. The van der Waals surface area contributed by atoms with Crippen LogP contribution in [-0.2, 0) is 11.2 Å². The topological polar surface area (TPSA) is 42.2 Å². The van der Waals surface area contributed by atoms with Crippen molar-refractivity contribution in [2.24, 2.45) is 0 Å². The summed E-state index contributed by atoms with van der Waals surface area (Å²) in [5, 5.41) is 2.69. The highest BCUT2D eigenvalue weighted by atomic mass is 35.5. The van der Waals surface area contributed by atoms with Crippen molar-refractivity contribution in [3.8, 4) is 0 Å². The van der Waals surface area contributed by atoms with Gasteiger partial charge in [-0.1, -0.05) is 12.1 Å². The number of furan rings is 1. The second kappa shape index (κ2) is 4.34. The predicted molar refractivity (Wildman–Crippen MR) is 70.2 cm³/mol. The zero-order valence-corrected chi connectivity index (χ0v) is 10.8. The van der Waals surface area contributed by atoms with Crippen LogP contribution in [0, 0.1) is 0 Å². The molecule has 1 atom stereocenters. The summed E-state index contributed by atoms with van der Waals surface area (Å²) in [5.41, 5.74) is 2.70. The number of carbonyl (C=O) groups excluding carboxylic acids is 1. The van der Waals surface area contributed by atoms with Crippen LogP contribution in [0.25, 0.3) is 0 Å². The van der Waals surface area contributed by atoms with Gasteiger partial charge in [0.05, 0.1) is 6.42 Å². The lowest BCUT2D eigenvalue weighted by Gasteiger charge is -2.08. The maximum Gasteiger partial charge on any atom is 0.228 e. The molecule has 1 aliphatic heterocycles. The van der Waals surface area contributed by atoms with E-state index >= 15 is 0 Å². The van der Waals surface area contributed by atoms with Crippen LogP contribution in [-0.4, -0.2) is 5.91 Å². The predicted octanol–water partition coefficient (Wildman–Crippen LogP) is 3.76. The number of nitrogens with one attached hydrogen (secondary N) is 1. The molecule has 3 rings (SSSR count). The molecule has 1 aliphatic rings. The largest absolute Gasteiger partial charge is 0.448 e. The Morgan fingerprint density at radius 3 is 2.83 bits per heavy atom. The van der Waals surface area contributed by atoms with Gasteiger partial charge in [0.2, 0.25) is 5.91 Å². The summed E-state index contributed by atoms with van der Waals surface area (Å²) in [4.78, 5) is 11.3. The summed E-state index contributed by atoms with van der Waals surface area (Å²) in [6, 6.07) is 9.05. The van der Waals surface area contributed by atoms with E-state index in [1.54, 1.807) is 12.1 Å². The van der Waals surface area contributed by atoms with Crippen molar-refractivity contribution in [2.45, 2.75) is 11.8 Å². The molecule has 1 aromatic carbocycles. The molecule has 0 saturated carbocycles. The van der Waals surface area contributed by atoms with E-state index in [-0.39, 0.29) is 5.91 Å². The first-order chi connectivity index (χ1) is 8.63. The number of alkyl halides is 1. The van der Waals surface area contributed by atoms with Crippen LogP contribution in [0.4, 0.5) is 5.69 Å². The summed E-state index contributed by atoms with van der Waals surface area (Å²) in [6.45, 7) is 0. The SMILES string of the molecule is O=C1Cc2cc(C(Cl)c3ccc(Cl)o3)ccc2N1. The molecule has 1 aromatic heterocycles. The molecule has 0 aliphatic carbocycles. The number of anilines is 1. The Morgan fingerprint density at radius 2 is 2.11 bits per heavy atom. The van der Waals surface area contributed by atoms with Crippen molar-refractivity contribution in [2.75, 3.05) is 5.32 Å². The molecular weight excluding hydrogens is 273 g/mol. The first-order valence-electron chi connectivity index (χ1n) is 5.45. The van der Waals surface area contributed by atoms with Crippen molar-refractivity contribution in [1.82, 2.24) is 0 Å². The average molecular weight is 282 g/mol. The fraction of sp³-hybridized carbons (Fsp3) is 0.154. The minimum atomic E-state index is -0.404. The van der Waals surface area contributed by atoms with Gasteiger partial charge in [-0.15, -0.1) is 11.6 Å². The molecule has 0 bridgehead atoms. The summed E-state index contributed by atoms with van der Waals surface area (Å²) in [7, 11) is 0. The van der Waals surface area contributed by atoms with Crippen molar-refractivity contribution in [1.29, 1.82) is 0 Å². The Balaban J connectivity index is 1.94. The van der Waals surface area contributed by atoms with Crippen LogP contribution >= 0.6 is 23.2 Å². The van der Waals surface area contributed by atoms with Crippen molar-refractivity contribution in [3.63, 3.8) is 0 Å². The van der Waals surface area contributed by atoms with Gasteiger partial charge in [-0.3, -0.25) is 4.79 Å². The average Bonchev–Trinajstić information content (AvgIpc) is 2.92. The van der Waals surface area contributed by atoms with E-state index in [0.717, 1.165) is 16.8 Å². The monoisotopic (exact) mass is 281 g/mol. The van der Waals surface area contributed by atoms with E-state index < -0.39 is 5.38 Å². The highest BCUT2D eigenvalue weighted by Gasteiger charge is 2.21. The summed E-state index contributed by atoms with van der Waals surface area (Å²) >= 11 is 12.1. The number of fused-ring (bicyclic) bond motifs is 1. The smallest absolute Gasteiger partial charge is 0.228 e. The van der Waals surface area contributed by atoms with Crippen LogP contribution in [0.2, 0.25) is 5.22 Å². The van der Waals surface area contributed by atoms with Gasteiger partial charge in [0.15, 0.2) is 5.22 Å². The number of hydrogen-bond donors (Lipinski definition) is 1. The fourth-order valence-electron chi connectivity index (χ4n) is 2.04. The second-order valence-corrected chi connectivity index (χ2v) is 4.95. The van der Waals surface area contributed by atoms with Crippen molar-refractivity contribution < 1.29 is 9.21 Å². The maximum atomic E-state index is 11.3. The van der Waals surface area contributed by atoms with E-state index in [0.29, 0.717) is 17.4 Å². The lowest BCUT2D eigenvalue weighted by molar-refractivity contribution is -0.115. The minimum absolute atomic E-state index is 0.00863. The number of halogens is 2.